The highest BCUT2D eigenvalue weighted by Crippen LogP contribution is 2.24. The molecule has 0 fully saturated rings. The lowest BCUT2D eigenvalue weighted by Crippen LogP contribution is -2.15. The summed E-state index contributed by atoms with van der Waals surface area (Å²) in [6.07, 6.45) is 0. The number of halogens is 1. The predicted octanol–water partition coefficient (Wildman–Crippen LogP) is 5.93. The maximum atomic E-state index is 6.01. The van der Waals surface area contributed by atoms with Gasteiger partial charge in [-0.25, -0.2) is 0 Å². The molecule has 0 atom stereocenters. The molecule has 0 unspecified atom stereocenters. The molecule has 3 aromatic rings. The highest BCUT2D eigenvalue weighted by atomic mass is 35.5. The molecule has 130 valence electrons. The first-order chi connectivity index (χ1) is 11.8. The molecule has 0 aliphatic heterocycles. The van der Waals surface area contributed by atoms with Crippen molar-refractivity contribution in [3.8, 4) is 11.1 Å². The summed E-state index contributed by atoms with van der Waals surface area (Å²) in [5.41, 5.74) is 4.82. The molecule has 0 aliphatic rings. The van der Waals surface area contributed by atoms with E-state index in [-0.39, 0.29) is 5.54 Å². The third-order valence-corrected chi connectivity index (χ3v) is 5.23. The molecule has 0 radical (unpaired) electrons. The Morgan fingerprint density at radius 3 is 2.24 bits per heavy atom. The number of benzene rings is 2. The van der Waals surface area contributed by atoms with Gasteiger partial charge in [-0.05, 0) is 62.5 Å². The Morgan fingerprint density at radius 2 is 1.64 bits per heavy atom. The summed E-state index contributed by atoms with van der Waals surface area (Å²) in [6, 6.07) is 18.6. The third-order valence-electron chi connectivity index (χ3n) is 3.89. The maximum Gasteiger partial charge on any atom is 0.137 e. The quantitative estimate of drug-likeness (QED) is 0.544. The highest BCUT2D eigenvalue weighted by molar-refractivity contribution is 7.04. The van der Waals surface area contributed by atoms with Crippen molar-refractivity contribution < 1.29 is 0 Å². The molecule has 2 nitrogen and oxygen atoms in total. The summed E-state index contributed by atoms with van der Waals surface area (Å²) >= 11 is 7.73. The lowest BCUT2D eigenvalue weighted by atomic mass is 10.1. The zero-order chi connectivity index (χ0) is 18.0. The SMILES string of the molecule is Cc1c(-c2ccccc2)c(=NC(C)(C)C)sn1Cc1ccc(Cl)cc1. The minimum Gasteiger partial charge on any atom is -0.296 e. The number of hydrogen-bond acceptors (Lipinski definition) is 2. The zero-order valence-electron chi connectivity index (χ0n) is 15.1. The van der Waals surface area contributed by atoms with E-state index in [1.165, 1.54) is 22.4 Å². The monoisotopic (exact) mass is 370 g/mol. The van der Waals surface area contributed by atoms with Crippen LogP contribution in [0.5, 0.6) is 0 Å². The zero-order valence-corrected chi connectivity index (χ0v) is 16.7. The fourth-order valence-corrected chi connectivity index (χ4v) is 4.17. The molecule has 3 rings (SSSR count). The van der Waals surface area contributed by atoms with Crippen LogP contribution in [-0.2, 0) is 6.54 Å². The van der Waals surface area contributed by atoms with Crippen molar-refractivity contribution in [1.82, 2.24) is 3.96 Å². The topological polar surface area (TPSA) is 17.3 Å². The summed E-state index contributed by atoms with van der Waals surface area (Å²) < 4.78 is 3.40. The fraction of sp³-hybridized carbons (Fsp3) is 0.286. The smallest absolute Gasteiger partial charge is 0.137 e. The van der Waals surface area contributed by atoms with Crippen molar-refractivity contribution in [2.45, 2.75) is 39.8 Å². The van der Waals surface area contributed by atoms with Gasteiger partial charge in [0.1, 0.15) is 4.67 Å². The van der Waals surface area contributed by atoms with Crippen molar-refractivity contribution in [1.29, 1.82) is 0 Å². The standard InChI is InChI=1S/C21H23ClN2S/c1-15-19(17-8-6-5-7-9-17)20(23-21(2,3)4)25-24(15)14-16-10-12-18(22)13-11-16/h5-13H,14H2,1-4H3. The first-order valence-electron chi connectivity index (χ1n) is 8.40. The van der Waals surface area contributed by atoms with E-state index in [9.17, 15) is 0 Å². The van der Waals surface area contributed by atoms with E-state index in [2.05, 4.69) is 68.0 Å². The van der Waals surface area contributed by atoms with Crippen molar-refractivity contribution in [3.63, 3.8) is 0 Å². The average molecular weight is 371 g/mol. The van der Waals surface area contributed by atoms with Crippen LogP contribution in [-0.4, -0.2) is 9.50 Å². The van der Waals surface area contributed by atoms with Gasteiger partial charge in [-0.15, -0.1) is 0 Å². The Labute approximate surface area is 158 Å². The lowest BCUT2D eigenvalue weighted by molar-refractivity contribution is 0.570. The summed E-state index contributed by atoms with van der Waals surface area (Å²) in [7, 11) is 0. The molecule has 0 saturated carbocycles. The van der Waals surface area contributed by atoms with Crippen molar-refractivity contribution >= 4 is 23.1 Å². The molecule has 0 saturated heterocycles. The van der Waals surface area contributed by atoms with E-state index in [0.29, 0.717) is 0 Å². The third kappa shape index (κ3) is 4.42. The molecule has 0 spiro atoms. The molecular weight excluding hydrogens is 348 g/mol. The normalized spacial score (nSPS) is 12.6. The largest absolute Gasteiger partial charge is 0.296 e. The van der Waals surface area contributed by atoms with Crippen LogP contribution in [0.1, 0.15) is 32.0 Å². The molecule has 0 N–H and O–H groups in total. The second kappa shape index (κ2) is 7.19. The van der Waals surface area contributed by atoms with Crippen LogP contribution in [0.4, 0.5) is 0 Å². The van der Waals surface area contributed by atoms with E-state index in [4.69, 9.17) is 16.6 Å². The van der Waals surface area contributed by atoms with E-state index in [0.717, 1.165) is 16.2 Å². The van der Waals surface area contributed by atoms with Crippen molar-refractivity contribution in [3.05, 3.63) is 75.5 Å². The van der Waals surface area contributed by atoms with Crippen LogP contribution in [0.3, 0.4) is 0 Å². The predicted molar refractivity (Wildman–Crippen MR) is 108 cm³/mol. The molecule has 1 heterocycles. The Hall–Kier alpha value is -1.84. The lowest BCUT2D eigenvalue weighted by Gasteiger charge is -2.10. The molecule has 0 amide bonds. The Kier molecular flexibility index (Phi) is 5.16. The maximum absolute atomic E-state index is 6.01. The van der Waals surface area contributed by atoms with Gasteiger partial charge in [0, 0.05) is 16.3 Å². The van der Waals surface area contributed by atoms with Gasteiger partial charge in [-0.1, -0.05) is 54.1 Å². The van der Waals surface area contributed by atoms with Crippen LogP contribution < -0.4 is 4.67 Å². The van der Waals surface area contributed by atoms with Crippen LogP contribution >= 0.6 is 23.1 Å². The molecule has 25 heavy (non-hydrogen) atoms. The summed E-state index contributed by atoms with van der Waals surface area (Å²) in [6.45, 7) is 9.42. The molecule has 4 heteroatoms. The fourth-order valence-electron chi connectivity index (χ4n) is 2.72. The minimum absolute atomic E-state index is 0.112. The van der Waals surface area contributed by atoms with Gasteiger partial charge in [-0.2, -0.15) is 0 Å². The van der Waals surface area contributed by atoms with Gasteiger partial charge in [0.25, 0.3) is 0 Å². The van der Waals surface area contributed by atoms with Crippen LogP contribution in [0, 0.1) is 6.92 Å². The first-order valence-corrected chi connectivity index (χ1v) is 9.55. The molecule has 0 bridgehead atoms. The van der Waals surface area contributed by atoms with E-state index in [1.807, 2.05) is 18.2 Å². The molecular formula is C21H23ClN2S. The molecule has 1 aromatic heterocycles. The average Bonchev–Trinajstić information content (AvgIpc) is 2.84. The van der Waals surface area contributed by atoms with Crippen molar-refractivity contribution in [2.24, 2.45) is 4.99 Å². The molecule has 2 aromatic carbocycles. The van der Waals surface area contributed by atoms with Crippen molar-refractivity contribution in [2.75, 3.05) is 0 Å². The second-order valence-electron chi connectivity index (χ2n) is 7.17. The van der Waals surface area contributed by atoms with Gasteiger partial charge in [-0.3, -0.25) is 8.95 Å². The number of aromatic nitrogens is 1. The second-order valence-corrected chi connectivity index (χ2v) is 8.62. The van der Waals surface area contributed by atoms with Crippen LogP contribution in [0.2, 0.25) is 5.02 Å². The molecule has 0 aliphatic carbocycles. The Bertz CT molecular complexity index is 913. The van der Waals surface area contributed by atoms with Crippen LogP contribution in [0.25, 0.3) is 11.1 Å². The number of rotatable bonds is 3. The first kappa shape index (κ1) is 18.0. The Balaban J connectivity index is 2.12. The summed E-state index contributed by atoms with van der Waals surface area (Å²) in [5.74, 6) is 0. The Morgan fingerprint density at radius 1 is 1.00 bits per heavy atom. The van der Waals surface area contributed by atoms with E-state index in [1.54, 1.807) is 11.5 Å². The summed E-state index contributed by atoms with van der Waals surface area (Å²) in [5, 5.41) is 0.769. The number of nitrogens with zero attached hydrogens (tertiary/aromatic N) is 2. The van der Waals surface area contributed by atoms with Gasteiger partial charge >= 0.3 is 0 Å². The van der Waals surface area contributed by atoms with Gasteiger partial charge in [0.05, 0.1) is 12.1 Å². The highest BCUT2D eigenvalue weighted by Gasteiger charge is 2.15. The van der Waals surface area contributed by atoms with Gasteiger partial charge in [0.2, 0.25) is 0 Å². The van der Waals surface area contributed by atoms with Gasteiger partial charge < -0.3 is 0 Å². The minimum atomic E-state index is -0.112. The van der Waals surface area contributed by atoms with Gasteiger partial charge in [0.15, 0.2) is 0 Å². The summed E-state index contributed by atoms with van der Waals surface area (Å²) in [4.78, 5) is 4.98. The van der Waals surface area contributed by atoms with E-state index < -0.39 is 0 Å². The number of hydrogen-bond donors (Lipinski definition) is 0. The van der Waals surface area contributed by atoms with E-state index >= 15 is 0 Å². The van der Waals surface area contributed by atoms with Crippen LogP contribution in [0.15, 0.2) is 59.6 Å².